The number of benzene rings is 2. The summed E-state index contributed by atoms with van der Waals surface area (Å²) in [5, 5.41) is 5.27. The molecule has 152 valence electrons. The Balaban J connectivity index is 1.58. The van der Waals surface area contributed by atoms with Crippen molar-refractivity contribution in [2.24, 2.45) is 0 Å². The molecule has 1 heterocycles. The first-order valence-electron chi connectivity index (χ1n) is 9.64. The van der Waals surface area contributed by atoms with Crippen LogP contribution in [0.1, 0.15) is 18.1 Å². The molecule has 0 unspecified atom stereocenters. The van der Waals surface area contributed by atoms with Crippen molar-refractivity contribution < 1.29 is 14.4 Å². The number of carbonyl (C=O) groups is 3. The normalized spacial score (nSPS) is 13.8. The zero-order valence-electron chi connectivity index (χ0n) is 17.0. The molecular formula is C22H26N4O3. The quantitative estimate of drug-likeness (QED) is 0.784. The summed E-state index contributed by atoms with van der Waals surface area (Å²) in [5.41, 5.74) is 4.68. The van der Waals surface area contributed by atoms with E-state index in [1.165, 1.54) is 23.7 Å². The maximum absolute atomic E-state index is 12.6. The number of piperazine rings is 1. The summed E-state index contributed by atoms with van der Waals surface area (Å²) in [7, 11) is 0. The van der Waals surface area contributed by atoms with E-state index in [1.54, 1.807) is 29.2 Å². The van der Waals surface area contributed by atoms with Crippen LogP contribution < -0.4 is 15.5 Å². The smallest absolute Gasteiger partial charge is 0.313 e. The van der Waals surface area contributed by atoms with Gasteiger partial charge in [-0.2, -0.15) is 0 Å². The summed E-state index contributed by atoms with van der Waals surface area (Å²) in [6, 6.07) is 12.9. The lowest BCUT2D eigenvalue weighted by Crippen LogP contribution is -2.51. The van der Waals surface area contributed by atoms with E-state index in [9.17, 15) is 14.4 Å². The van der Waals surface area contributed by atoms with Crippen molar-refractivity contribution in [3.8, 4) is 0 Å². The first kappa shape index (κ1) is 20.4. The Morgan fingerprint density at radius 2 is 1.48 bits per heavy atom. The fourth-order valence-corrected chi connectivity index (χ4v) is 3.43. The second-order valence-electron chi connectivity index (χ2n) is 7.21. The largest absolute Gasteiger partial charge is 0.368 e. The van der Waals surface area contributed by atoms with Gasteiger partial charge in [0.2, 0.25) is 5.91 Å². The minimum Gasteiger partial charge on any atom is -0.368 e. The van der Waals surface area contributed by atoms with E-state index in [4.69, 9.17) is 0 Å². The van der Waals surface area contributed by atoms with Crippen LogP contribution in [-0.2, 0) is 14.4 Å². The third-order valence-corrected chi connectivity index (χ3v) is 5.12. The number of amides is 3. The number of rotatable bonds is 3. The van der Waals surface area contributed by atoms with Crippen molar-refractivity contribution in [1.82, 2.24) is 4.90 Å². The van der Waals surface area contributed by atoms with Crippen molar-refractivity contribution in [3.63, 3.8) is 0 Å². The van der Waals surface area contributed by atoms with E-state index in [2.05, 4.69) is 41.5 Å². The van der Waals surface area contributed by atoms with Gasteiger partial charge >= 0.3 is 11.8 Å². The van der Waals surface area contributed by atoms with Gasteiger partial charge in [0.15, 0.2) is 0 Å². The fraction of sp³-hybridized carbons (Fsp3) is 0.318. The van der Waals surface area contributed by atoms with E-state index >= 15 is 0 Å². The fourth-order valence-electron chi connectivity index (χ4n) is 3.43. The van der Waals surface area contributed by atoms with Crippen LogP contribution in [0.4, 0.5) is 17.1 Å². The van der Waals surface area contributed by atoms with Crippen LogP contribution in [0.2, 0.25) is 0 Å². The Morgan fingerprint density at radius 1 is 0.862 bits per heavy atom. The number of hydrogen-bond donors (Lipinski definition) is 2. The van der Waals surface area contributed by atoms with E-state index < -0.39 is 11.8 Å². The molecule has 2 aromatic carbocycles. The Hall–Kier alpha value is -3.35. The molecule has 3 rings (SSSR count). The van der Waals surface area contributed by atoms with Gasteiger partial charge in [-0.1, -0.05) is 18.2 Å². The molecule has 1 aliphatic heterocycles. The lowest BCUT2D eigenvalue weighted by Gasteiger charge is -2.36. The van der Waals surface area contributed by atoms with Gasteiger partial charge in [0.1, 0.15) is 0 Å². The van der Waals surface area contributed by atoms with Gasteiger partial charge in [0.25, 0.3) is 0 Å². The second-order valence-corrected chi connectivity index (χ2v) is 7.21. The van der Waals surface area contributed by atoms with Crippen LogP contribution in [0.5, 0.6) is 0 Å². The number of carbonyl (C=O) groups excluding carboxylic acids is 3. The highest BCUT2D eigenvalue weighted by Crippen LogP contribution is 2.24. The molecule has 1 fully saturated rings. The molecule has 3 amide bonds. The highest BCUT2D eigenvalue weighted by Gasteiger charge is 2.26. The lowest BCUT2D eigenvalue weighted by atomic mass is 10.1. The molecule has 2 N–H and O–H groups in total. The predicted molar refractivity (Wildman–Crippen MR) is 114 cm³/mol. The summed E-state index contributed by atoms with van der Waals surface area (Å²) in [6.45, 7) is 7.95. The van der Waals surface area contributed by atoms with E-state index in [0.717, 1.165) is 0 Å². The average molecular weight is 394 g/mol. The zero-order chi connectivity index (χ0) is 21.0. The van der Waals surface area contributed by atoms with Crippen LogP contribution >= 0.6 is 0 Å². The van der Waals surface area contributed by atoms with Crippen LogP contribution in [0.15, 0.2) is 42.5 Å². The van der Waals surface area contributed by atoms with Crippen LogP contribution in [0.25, 0.3) is 0 Å². The molecule has 7 heteroatoms. The van der Waals surface area contributed by atoms with Gasteiger partial charge in [0, 0.05) is 50.2 Å². The van der Waals surface area contributed by atoms with Crippen molar-refractivity contribution in [1.29, 1.82) is 0 Å². The first-order chi connectivity index (χ1) is 13.8. The number of nitrogens with zero attached hydrogens (tertiary/aromatic N) is 2. The minimum absolute atomic E-state index is 0.203. The summed E-state index contributed by atoms with van der Waals surface area (Å²) >= 11 is 0. The summed E-state index contributed by atoms with van der Waals surface area (Å²) in [4.78, 5) is 39.9. The lowest BCUT2D eigenvalue weighted by molar-refractivity contribution is -0.143. The first-order valence-corrected chi connectivity index (χ1v) is 9.64. The maximum atomic E-state index is 12.6. The molecule has 0 spiro atoms. The Labute approximate surface area is 170 Å². The van der Waals surface area contributed by atoms with Gasteiger partial charge < -0.3 is 20.4 Å². The third kappa shape index (κ3) is 4.93. The molecule has 7 nitrogen and oxygen atoms in total. The van der Waals surface area contributed by atoms with Gasteiger partial charge in [-0.3, -0.25) is 14.4 Å². The highest BCUT2D eigenvalue weighted by atomic mass is 16.2. The van der Waals surface area contributed by atoms with E-state index in [-0.39, 0.29) is 5.91 Å². The molecular weight excluding hydrogens is 368 g/mol. The SMILES string of the molecule is CC(=O)Nc1cccc(NC(=O)C(=O)N2CCN(c3cccc(C)c3C)CC2)c1. The molecule has 0 aromatic heterocycles. The molecule has 1 aliphatic rings. The Kier molecular flexibility index (Phi) is 6.16. The molecule has 2 aromatic rings. The molecule has 29 heavy (non-hydrogen) atoms. The van der Waals surface area contributed by atoms with Crippen LogP contribution in [0.3, 0.4) is 0 Å². The summed E-state index contributed by atoms with van der Waals surface area (Å²) < 4.78 is 0. The second kappa shape index (κ2) is 8.77. The summed E-state index contributed by atoms with van der Waals surface area (Å²) in [6.07, 6.45) is 0. The zero-order valence-corrected chi connectivity index (χ0v) is 17.0. The van der Waals surface area contributed by atoms with Gasteiger partial charge in [0.05, 0.1) is 0 Å². The number of hydrogen-bond acceptors (Lipinski definition) is 4. The summed E-state index contributed by atoms with van der Waals surface area (Å²) in [5.74, 6) is -1.42. The number of anilines is 3. The van der Waals surface area contributed by atoms with E-state index in [1.807, 2.05) is 6.07 Å². The standard InChI is InChI=1S/C22H26N4O3/c1-15-6-4-9-20(16(15)2)25-10-12-26(13-11-25)22(29)21(28)24-19-8-5-7-18(14-19)23-17(3)27/h4-9,14H,10-13H2,1-3H3,(H,23,27)(H,24,28). The van der Waals surface area contributed by atoms with Crippen molar-refractivity contribution in [3.05, 3.63) is 53.6 Å². The van der Waals surface area contributed by atoms with E-state index in [0.29, 0.717) is 37.6 Å². The predicted octanol–water partition coefficient (Wildman–Crippen LogP) is 2.55. The topological polar surface area (TPSA) is 81.8 Å². The monoisotopic (exact) mass is 394 g/mol. The Morgan fingerprint density at radius 3 is 2.14 bits per heavy atom. The average Bonchev–Trinajstić information content (AvgIpc) is 2.69. The number of aryl methyl sites for hydroxylation is 1. The van der Waals surface area contributed by atoms with Crippen LogP contribution in [0, 0.1) is 13.8 Å². The molecule has 0 saturated carbocycles. The molecule has 0 bridgehead atoms. The highest BCUT2D eigenvalue weighted by molar-refractivity contribution is 6.39. The minimum atomic E-state index is -0.676. The van der Waals surface area contributed by atoms with Crippen molar-refractivity contribution >= 4 is 34.8 Å². The molecule has 0 atom stereocenters. The van der Waals surface area contributed by atoms with Gasteiger partial charge in [-0.05, 0) is 49.2 Å². The third-order valence-electron chi connectivity index (χ3n) is 5.12. The van der Waals surface area contributed by atoms with Gasteiger partial charge in [-0.25, -0.2) is 0 Å². The number of nitrogens with one attached hydrogen (secondary N) is 2. The van der Waals surface area contributed by atoms with Crippen molar-refractivity contribution in [2.75, 3.05) is 41.7 Å². The Bertz CT molecular complexity index is 933. The van der Waals surface area contributed by atoms with Crippen LogP contribution in [-0.4, -0.2) is 48.8 Å². The van der Waals surface area contributed by atoms with Crippen molar-refractivity contribution in [2.45, 2.75) is 20.8 Å². The molecule has 0 radical (unpaired) electrons. The van der Waals surface area contributed by atoms with Gasteiger partial charge in [-0.15, -0.1) is 0 Å². The molecule has 1 saturated heterocycles. The molecule has 0 aliphatic carbocycles. The maximum Gasteiger partial charge on any atom is 0.313 e.